The van der Waals surface area contributed by atoms with Crippen LogP contribution in [0, 0.1) is 18.8 Å². The Morgan fingerprint density at radius 2 is 2.00 bits per heavy atom. The van der Waals surface area contributed by atoms with Gasteiger partial charge in [0.25, 0.3) is 0 Å². The van der Waals surface area contributed by atoms with Gasteiger partial charge in [0.05, 0.1) is 24.5 Å². The summed E-state index contributed by atoms with van der Waals surface area (Å²) in [5.74, 6) is 1.06. The number of pyridine rings is 1. The van der Waals surface area contributed by atoms with Crippen LogP contribution in [0.5, 0.6) is 0 Å². The lowest BCUT2D eigenvalue weighted by atomic mass is 9.70. The molecule has 1 aromatic heterocycles. The van der Waals surface area contributed by atoms with E-state index in [-0.39, 0.29) is 11.5 Å². The fraction of sp³-hybridized carbons (Fsp3) is 0.706. The number of methoxy groups -OCH3 is 1. The van der Waals surface area contributed by atoms with Crippen LogP contribution < -0.4 is 0 Å². The zero-order valence-electron chi connectivity index (χ0n) is 13.6. The lowest BCUT2D eigenvalue weighted by Gasteiger charge is -2.47. The molecule has 0 fully saturated rings. The highest BCUT2D eigenvalue weighted by atomic mass is 16.5. The van der Waals surface area contributed by atoms with Crippen LogP contribution in [0.25, 0.3) is 0 Å². The maximum absolute atomic E-state index is 6.44. The SMILES string of the molecule is COCC1COC(C(C)C)(C(C)C)c2c(C)ccnc21. The number of aromatic nitrogens is 1. The Morgan fingerprint density at radius 3 is 2.55 bits per heavy atom. The summed E-state index contributed by atoms with van der Waals surface area (Å²) >= 11 is 0. The average molecular weight is 277 g/mol. The van der Waals surface area contributed by atoms with E-state index in [1.165, 1.54) is 16.8 Å². The predicted molar refractivity (Wildman–Crippen MR) is 80.9 cm³/mol. The molecule has 0 saturated carbocycles. The van der Waals surface area contributed by atoms with E-state index in [0.717, 1.165) is 0 Å². The third kappa shape index (κ3) is 2.27. The fourth-order valence-electron chi connectivity index (χ4n) is 3.69. The molecule has 20 heavy (non-hydrogen) atoms. The molecule has 2 heterocycles. The maximum atomic E-state index is 6.44. The van der Waals surface area contributed by atoms with Gasteiger partial charge in [0.15, 0.2) is 0 Å². The van der Waals surface area contributed by atoms with Crippen LogP contribution >= 0.6 is 0 Å². The molecular formula is C17H27NO2. The minimum Gasteiger partial charge on any atom is -0.384 e. The molecule has 0 spiro atoms. The summed E-state index contributed by atoms with van der Waals surface area (Å²) in [6, 6.07) is 2.09. The summed E-state index contributed by atoms with van der Waals surface area (Å²) in [6.45, 7) is 12.5. The van der Waals surface area contributed by atoms with Gasteiger partial charge in [0.1, 0.15) is 0 Å². The lowest BCUT2D eigenvalue weighted by Crippen LogP contribution is -2.47. The van der Waals surface area contributed by atoms with E-state index in [1.54, 1.807) is 7.11 Å². The molecule has 1 aromatic rings. The minimum absolute atomic E-state index is 0.237. The van der Waals surface area contributed by atoms with Gasteiger partial charge < -0.3 is 9.47 Å². The van der Waals surface area contributed by atoms with Crippen molar-refractivity contribution in [1.82, 2.24) is 4.98 Å². The predicted octanol–water partition coefficient (Wildman–Crippen LogP) is 3.66. The van der Waals surface area contributed by atoms with Crippen LogP contribution in [0.1, 0.15) is 50.4 Å². The van der Waals surface area contributed by atoms with E-state index in [9.17, 15) is 0 Å². The number of aryl methyl sites for hydroxylation is 1. The van der Waals surface area contributed by atoms with Crippen LogP contribution in [0.15, 0.2) is 12.3 Å². The summed E-state index contributed by atoms with van der Waals surface area (Å²) in [5, 5.41) is 0. The molecule has 1 aliphatic heterocycles. The summed E-state index contributed by atoms with van der Waals surface area (Å²) in [4.78, 5) is 4.68. The molecule has 3 heteroatoms. The Bertz CT molecular complexity index is 460. The van der Waals surface area contributed by atoms with Crippen molar-refractivity contribution in [3.63, 3.8) is 0 Å². The van der Waals surface area contributed by atoms with E-state index >= 15 is 0 Å². The molecule has 1 unspecified atom stereocenters. The third-order valence-corrected chi connectivity index (χ3v) is 4.57. The summed E-state index contributed by atoms with van der Waals surface area (Å²) < 4.78 is 11.8. The Kier molecular flexibility index (Phi) is 4.50. The standard InChI is InChI=1S/C17H27NO2/c1-11(2)17(12(3)4)15-13(5)7-8-18-16(15)14(9-19-6)10-20-17/h7-8,11-12,14H,9-10H2,1-6H3. The second-order valence-electron chi connectivity index (χ2n) is 6.45. The number of hydrogen-bond acceptors (Lipinski definition) is 3. The first kappa shape index (κ1) is 15.5. The van der Waals surface area contributed by atoms with Crippen molar-refractivity contribution >= 4 is 0 Å². The van der Waals surface area contributed by atoms with E-state index in [2.05, 4.69) is 45.7 Å². The molecule has 0 N–H and O–H groups in total. The van der Waals surface area contributed by atoms with Crippen molar-refractivity contribution < 1.29 is 9.47 Å². The molecule has 1 aliphatic rings. The molecule has 0 amide bonds. The van der Waals surface area contributed by atoms with Crippen LogP contribution in [-0.4, -0.2) is 25.3 Å². The smallest absolute Gasteiger partial charge is 0.0997 e. The molecule has 0 aromatic carbocycles. The molecule has 0 saturated heterocycles. The quantitative estimate of drug-likeness (QED) is 0.841. The first-order valence-corrected chi connectivity index (χ1v) is 7.54. The third-order valence-electron chi connectivity index (χ3n) is 4.57. The monoisotopic (exact) mass is 277 g/mol. The van der Waals surface area contributed by atoms with Crippen LogP contribution in [-0.2, 0) is 15.1 Å². The van der Waals surface area contributed by atoms with E-state index in [4.69, 9.17) is 9.47 Å². The first-order chi connectivity index (χ1) is 9.45. The highest BCUT2D eigenvalue weighted by molar-refractivity contribution is 5.39. The molecule has 0 radical (unpaired) electrons. The Balaban J connectivity index is 2.63. The highest BCUT2D eigenvalue weighted by Crippen LogP contribution is 2.48. The van der Waals surface area contributed by atoms with E-state index < -0.39 is 0 Å². The van der Waals surface area contributed by atoms with Crippen molar-refractivity contribution in [1.29, 1.82) is 0 Å². The molecule has 2 rings (SSSR count). The number of fused-ring (bicyclic) bond motifs is 1. The second kappa shape index (κ2) is 5.82. The Morgan fingerprint density at radius 1 is 1.35 bits per heavy atom. The molecule has 0 bridgehead atoms. The fourth-order valence-corrected chi connectivity index (χ4v) is 3.69. The van der Waals surface area contributed by atoms with Gasteiger partial charge >= 0.3 is 0 Å². The average Bonchev–Trinajstić information content (AvgIpc) is 2.39. The highest BCUT2D eigenvalue weighted by Gasteiger charge is 2.47. The maximum Gasteiger partial charge on any atom is 0.0997 e. The minimum atomic E-state index is -0.238. The molecular weight excluding hydrogens is 250 g/mol. The number of nitrogens with zero attached hydrogens (tertiary/aromatic N) is 1. The van der Waals surface area contributed by atoms with Crippen molar-refractivity contribution in [2.45, 2.75) is 46.1 Å². The van der Waals surface area contributed by atoms with Gasteiger partial charge in [-0.05, 0) is 30.4 Å². The van der Waals surface area contributed by atoms with Crippen molar-refractivity contribution in [3.8, 4) is 0 Å². The van der Waals surface area contributed by atoms with Gasteiger partial charge in [-0.15, -0.1) is 0 Å². The number of hydrogen-bond donors (Lipinski definition) is 0. The van der Waals surface area contributed by atoms with Crippen molar-refractivity contribution in [2.75, 3.05) is 20.3 Å². The van der Waals surface area contributed by atoms with Crippen LogP contribution in [0.4, 0.5) is 0 Å². The van der Waals surface area contributed by atoms with Gasteiger partial charge in [-0.2, -0.15) is 0 Å². The lowest BCUT2D eigenvalue weighted by molar-refractivity contribution is -0.138. The van der Waals surface area contributed by atoms with Gasteiger partial charge in [0.2, 0.25) is 0 Å². The number of ether oxygens (including phenoxy) is 2. The summed E-state index contributed by atoms with van der Waals surface area (Å²) in [5.41, 5.74) is 3.50. The Labute approximate surface area is 122 Å². The zero-order valence-corrected chi connectivity index (χ0v) is 13.6. The molecule has 0 aliphatic carbocycles. The zero-order chi connectivity index (χ0) is 14.9. The van der Waals surface area contributed by atoms with E-state index in [0.29, 0.717) is 25.0 Å². The molecule has 112 valence electrons. The summed E-state index contributed by atoms with van der Waals surface area (Å²) in [6.07, 6.45) is 1.91. The van der Waals surface area contributed by atoms with Gasteiger partial charge in [0, 0.05) is 24.8 Å². The van der Waals surface area contributed by atoms with Crippen LogP contribution in [0.3, 0.4) is 0 Å². The van der Waals surface area contributed by atoms with Gasteiger partial charge in [-0.3, -0.25) is 4.98 Å². The van der Waals surface area contributed by atoms with Gasteiger partial charge in [-0.1, -0.05) is 27.7 Å². The Hall–Kier alpha value is -0.930. The van der Waals surface area contributed by atoms with Crippen molar-refractivity contribution in [3.05, 3.63) is 29.1 Å². The molecule has 1 atom stereocenters. The van der Waals surface area contributed by atoms with Gasteiger partial charge in [-0.25, -0.2) is 0 Å². The molecule has 3 nitrogen and oxygen atoms in total. The second-order valence-corrected chi connectivity index (χ2v) is 6.45. The van der Waals surface area contributed by atoms with Crippen LogP contribution in [0.2, 0.25) is 0 Å². The number of rotatable bonds is 4. The largest absolute Gasteiger partial charge is 0.384 e. The summed E-state index contributed by atoms with van der Waals surface area (Å²) in [7, 11) is 1.74. The topological polar surface area (TPSA) is 31.4 Å². The van der Waals surface area contributed by atoms with E-state index in [1.807, 2.05) is 6.20 Å². The van der Waals surface area contributed by atoms with Crippen molar-refractivity contribution in [2.24, 2.45) is 11.8 Å². The normalized spacial score (nSPS) is 21.3. The first-order valence-electron chi connectivity index (χ1n) is 7.54.